The van der Waals surface area contributed by atoms with Crippen LogP contribution in [0.3, 0.4) is 0 Å². The highest BCUT2D eigenvalue weighted by Crippen LogP contribution is 2.28. The lowest BCUT2D eigenvalue weighted by Crippen LogP contribution is -1.90. The van der Waals surface area contributed by atoms with E-state index in [1.807, 2.05) is 0 Å². The van der Waals surface area contributed by atoms with Crippen molar-refractivity contribution in [2.75, 3.05) is 5.73 Å². The Balaban J connectivity index is 2.59. The number of nitrogens with two attached hydrogens (primary N) is 1. The fourth-order valence-corrected chi connectivity index (χ4v) is 1.45. The third-order valence-corrected chi connectivity index (χ3v) is 2.45. The molecule has 0 bridgehead atoms. The van der Waals surface area contributed by atoms with Crippen LogP contribution in [0.2, 0.25) is 0 Å². The molecule has 15 heavy (non-hydrogen) atoms. The lowest BCUT2D eigenvalue weighted by atomic mass is 10.1. The molecule has 0 saturated heterocycles. The summed E-state index contributed by atoms with van der Waals surface area (Å²) in [6, 6.07) is 4.10. The van der Waals surface area contributed by atoms with Gasteiger partial charge >= 0.3 is 0 Å². The van der Waals surface area contributed by atoms with E-state index in [9.17, 15) is 8.78 Å². The smallest absolute Gasteiger partial charge is 0.222 e. The van der Waals surface area contributed by atoms with E-state index in [0.29, 0.717) is 0 Å². The van der Waals surface area contributed by atoms with Gasteiger partial charge in [0.2, 0.25) is 5.88 Å². The van der Waals surface area contributed by atoms with E-state index < -0.39 is 11.6 Å². The summed E-state index contributed by atoms with van der Waals surface area (Å²) in [5, 5.41) is 3.50. The lowest BCUT2D eigenvalue weighted by molar-refractivity contribution is 0.438. The topological polar surface area (TPSA) is 52.0 Å². The third-order valence-electron chi connectivity index (χ3n) is 1.84. The van der Waals surface area contributed by atoms with Crippen molar-refractivity contribution in [1.82, 2.24) is 5.16 Å². The van der Waals surface area contributed by atoms with E-state index in [0.717, 1.165) is 0 Å². The zero-order valence-corrected chi connectivity index (χ0v) is 8.88. The zero-order chi connectivity index (χ0) is 11.0. The average molecular weight is 275 g/mol. The molecule has 1 heterocycles. The number of hydrogen-bond donors (Lipinski definition) is 1. The van der Waals surface area contributed by atoms with Crippen LogP contribution in [0.15, 0.2) is 27.2 Å². The number of nitrogen functional groups attached to an aromatic ring is 1. The fraction of sp³-hybridized carbons (Fsp3) is 0. The molecule has 2 rings (SSSR count). The molecule has 0 spiro atoms. The summed E-state index contributed by atoms with van der Waals surface area (Å²) in [5.74, 6) is -1.90. The maximum absolute atomic E-state index is 13.4. The normalized spacial score (nSPS) is 10.6. The predicted molar refractivity (Wildman–Crippen MR) is 54.0 cm³/mol. The van der Waals surface area contributed by atoms with E-state index in [1.165, 1.54) is 18.2 Å². The Kier molecular flexibility index (Phi) is 2.44. The van der Waals surface area contributed by atoms with Crippen LogP contribution < -0.4 is 5.73 Å². The van der Waals surface area contributed by atoms with Crippen LogP contribution in [0, 0.1) is 11.6 Å². The molecule has 0 saturated carbocycles. The molecule has 0 unspecified atom stereocenters. The van der Waals surface area contributed by atoms with Gasteiger partial charge in [-0.05, 0) is 28.1 Å². The van der Waals surface area contributed by atoms with Crippen molar-refractivity contribution < 1.29 is 13.3 Å². The molecular weight excluding hydrogens is 270 g/mol. The van der Waals surface area contributed by atoms with Gasteiger partial charge in [0.1, 0.15) is 5.69 Å². The summed E-state index contributed by atoms with van der Waals surface area (Å²) in [5.41, 5.74) is 5.45. The minimum absolute atomic E-state index is 0.0103. The lowest BCUT2D eigenvalue weighted by Gasteiger charge is -2.00. The van der Waals surface area contributed by atoms with E-state index >= 15 is 0 Å². The van der Waals surface area contributed by atoms with E-state index in [-0.39, 0.29) is 21.6 Å². The Morgan fingerprint density at radius 1 is 1.27 bits per heavy atom. The Labute approximate surface area is 92.0 Å². The van der Waals surface area contributed by atoms with Crippen molar-refractivity contribution >= 4 is 21.8 Å². The van der Waals surface area contributed by atoms with E-state index in [1.54, 1.807) is 0 Å². The van der Waals surface area contributed by atoms with Gasteiger partial charge in [-0.15, -0.1) is 0 Å². The first-order chi connectivity index (χ1) is 7.09. The second-order valence-electron chi connectivity index (χ2n) is 2.84. The minimum Gasteiger partial charge on any atom is -0.368 e. The Hall–Kier alpha value is -1.43. The molecule has 6 heteroatoms. The summed E-state index contributed by atoms with van der Waals surface area (Å²) >= 11 is 2.87. The van der Waals surface area contributed by atoms with Crippen LogP contribution in [0.4, 0.5) is 14.7 Å². The Morgan fingerprint density at radius 3 is 2.60 bits per heavy atom. The van der Waals surface area contributed by atoms with Crippen LogP contribution in [-0.2, 0) is 0 Å². The number of anilines is 1. The van der Waals surface area contributed by atoms with Gasteiger partial charge in [-0.3, -0.25) is 0 Å². The Bertz CT molecular complexity index is 513. The number of rotatable bonds is 1. The minimum atomic E-state index is -0.988. The van der Waals surface area contributed by atoms with E-state index in [2.05, 4.69) is 25.6 Å². The molecular formula is C9H5BrF2N2O. The highest BCUT2D eigenvalue weighted by molar-refractivity contribution is 9.10. The van der Waals surface area contributed by atoms with Crippen LogP contribution in [-0.4, -0.2) is 5.16 Å². The first-order valence-corrected chi connectivity index (χ1v) is 4.75. The monoisotopic (exact) mass is 274 g/mol. The largest absolute Gasteiger partial charge is 0.368 e. The third kappa shape index (κ3) is 1.72. The molecule has 78 valence electrons. The second kappa shape index (κ2) is 3.62. The van der Waals surface area contributed by atoms with Crippen molar-refractivity contribution in [1.29, 1.82) is 0 Å². The van der Waals surface area contributed by atoms with Gasteiger partial charge < -0.3 is 10.3 Å². The first kappa shape index (κ1) is 10.1. The fourth-order valence-electron chi connectivity index (χ4n) is 1.14. The van der Waals surface area contributed by atoms with Crippen molar-refractivity contribution in [2.24, 2.45) is 0 Å². The van der Waals surface area contributed by atoms with Crippen LogP contribution >= 0.6 is 15.9 Å². The molecule has 3 nitrogen and oxygen atoms in total. The summed E-state index contributed by atoms with van der Waals surface area (Å²) in [4.78, 5) is 0. The van der Waals surface area contributed by atoms with Gasteiger partial charge in [0.25, 0.3) is 0 Å². The SMILES string of the molecule is Nc1cc(-c2ccc(Br)c(F)c2F)no1. The molecule has 0 aliphatic carbocycles. The molecule has 0 radical (unpaired) electrons. The predicted octanol–water partition coefficient (Wildman–Crippen LogP) is 2.96. The molecule has 0 amide bonds. The van der Waals surface area contributed by atoms with Gasteiger partial charge in [-0.1, -0.05) is 5.16 Å². The van der Waals surface area contributed by atoms with Crippen LogP contribution in [0.1, 0.15) is 0 Å². The number of aromatic nitrogens is 1. The van der Waals surface area contributed by atoms with Gasteiger partial charge in [-0.2, -0.15) is 0 Å². The zero-order valence-electron chi connectivity index (χ0n) is 7.30. The molecule has 0 aliphatic heterocycles. The summed E-state index contributed by atoms with van der Waals surface area (Å²) < 4.78 is 31.2. The molecule has 0 atom stereocenters. The summed E-state index contributed by atoms with van der Waals surface area (Å²) in [7, 11) is 0. The molecule has 0 fully saturated rings. The number of nitrogens with zero attached hydrogens (tertiary/aromatic N) is 1. The molecule has 0 aliphatic rings. The van der Waals surface area contributed by atoms with Gasteiger partial charge in [0.15, 0.2) is 11.6 Å². The van der Waals surface area contributed by atoms with E-state index in [4.69, 9.17) is 5.73 Å². The maximum atomic E-state index is 13.4. The quantitative estimate of drug-likeness (QED) is 0.814. The highest BCUT2D eigenvalue weighted by atomic mass is 79.9. The van der Waals surface area contributed by atoms with Crippen molar-refractivity contribution in [3.8, 4) is 11.3 Å². The first-order valence-electron chi connectivity index (χ1n) is 3.95. The number of halogens is 3. The van der Waals surface area contributed by atoms with Crippen LogP contribution in [0.25, 0.3) is 11.3 Å². The summed E-state index contributed by atoms with van der Waals surface area (Å²) in [6.07, 6.45) is 0. The highest BCUT2D eigenvalue weighted by Gasteiger charge is 2.15. The van der Waals surface area contributed by atoms with Crippen molar-refractivity contribution in [3.63, 3.8) is 0 Å². The molecule has 2 N–H and O–H groups in total. The number of hydrogen-bond acceptors (Lipinski definition) is 3. The van der Waals surface area contributed by atoms with Crippen LogP contribution in [0.5, 0.6) is 0 Å². The van der Waals surface area contributed by atoms with Crippen molar-refractivity contribution in [3.05, 3.63) is 34.3 Å². The molecule has 1 aromatic carbocycles. The van der Waals surface area contributed by atoms with Gasteiger partial charge in [0.05, 0.1) is 4.47 Å². The molecule has 1 aromatic heterocycles. The van der Waals surface area contributed by atoms with Gasteiger partial charge in [-0.25, -0.2) is 8.78 Å². The molecule has 2 aromatic rings. The van der Waals surface area contributed by atoms with Crippen molar-refractivity contribution in [2.45, 2.75) is 0 Å². The second-order valence-corrected chi connectivity index (χ2v) is 3.69. The van der Waals surface area contributed by atoms with Gasteiger partial charge in [0, 0.05) is 11.6 Å². The average Bonchev–Trinajstić information content (AvgIpc) is 2.61. The Morgan fingerprint density at radius 2 is 2.00 bits per heavy atom. The standard InChI is InChI=1S/C9H5BrF2N2O/c10-5-2-1-4(8(11)9(5)12)6-3-7(13)15-14-6/h1-3H,13H2. The number of benzene rings is 1. The maximum Gasteiger partial charge on any atom is 0.222 e. The summed E-state index contributed by atoms with van der Waals surface area (Å²) in [6.45, 7) is 0.